The van der Waals surface area contributed by atoms with E-state index in [1.165, 1.54) is 16.7 Å². The van der Waals surface area contributed by atoms with Crippen molar-refractivity contribution < 1.29 is 9.47 Å². The lowest BCUT2D eigenvalue weighted by atomic mass is 10.1. The van der Waals surface area contributed by atoms with Crippen molar-refractivity contribution in [3.8, 4) is 11.5 Å². The number of aryl methyl sites for hydroxylation is 1. The molecule has 4 rings (SSSR count). The van der Waals surface area contributed by atoms with Crippen molar-refractivity contribution in [1.29, 1.82) is 0 Å². The zero-order valence-electron chi connectivity index (χ0n) is 17.8. The van der Waals surface area contributed by atoms with E-state index < -0.39 is 0 Å². The number of aliphatic imine (C=N–C) groups is 1. The van der Waals surface area contributed by atoms with Gasteiger partial charge in [0.25, 0.3) is 0 Å². The second kappa shape index (κ2) is 10.5. The molecule has 0 radical (unpaired) electrons. The molecule has 3 aromatic rings. The lowest BCUT2D eigenvalue weighted by molar-refractivity contribution is 0.297. The summed E-state index contributed by atoms with van der Waals surface area (Å²) in [5, 5.41) is 6.85. The van der Waals surface area contributed by atoms with E-state index in [0.29, 0.717) is 19.8 Å². The first kappa shape index (κ1) is 20.7. The number of nitrogens with zero attached hydrogens (tertiary/aromatic N) is 2. The molecule has 2 aromatic carbocycles. The Morgan fingerprint density at radius 3 is 2.74 bits per heavy atom. The second-order valence-electron chi connectivity index (χ2n) is 7.47. The molecule has 6 nitrogen and oxygen atoms in total. The number of hydrogen-bond donors (Lipinski definition) is 2. The van der Waals surface area contributed by atoms with Crippen molar-refractivity contribution in [3.63, 3.8) is 0 Å². The Morgan fingerprint density at radius 1 is 1.03 bits per heavy atom. The fourth-order valence-corrected chi connectivity index (χ4v) is 3.34. The van der Waals surface area contributed by atoms with Crippen molar-refractivity contribution in [2.24, 2.45) is 4.99 Å². The van der Waals surface area contributed by atoms with Crippen LogP contribution in [-0.2, 0) is 13.0 Å². The van der Waals surface area contributed by atoms with Gasteiger partial charge in [-0.25, -0.2) is 4.99 Å². The van der Waals surface area contributed by atoms with Gasteiger partial charge in [-0.1, -0.05) is 30.3 Å². The highest BCUT2D eigenvalue weighted by Crippen LogP contribution is 2.32. The van der Waals surface area contributed by atoms with Crippen LogP contribution >= 0.6 is 0 Å². The van der Waals surface area contributed by atoms with Gasteiger partial charge in [-0.05, 0) is 48.2 Å². The van der Waals surface area contributed by atoms with Gasteiger partial charge in [-0.2, -0.15) is 0 Å². The number of fused-ring (bicyclic) bond motifs is 1. The van der Waals surface area contributed by atoms with E-state index in [1.54, 1.807) is 6.20 Å². The molecule has 31 heavy (non-hydrogen) atoms. The topological polar surface area (TPSA) is 67.8 Å². The second-order valence-corrected chi connectivity index (χ2v) is 7.47. The summed E-state index contributed by atoms with van der Waals surface area (Å²) in [6.45, 7) is 4.79. The monoisotopic (exact) mass is 416 g/mol. The fourth-order valence-electron chi connectivity index (χ4n) is 3.34. The van der Waals surface area contributed by atoms with Crippen LogP contribution in [0.4, 0.5) is 5.69 Å². The molecular formula is C25H28N4O2. The molecule has 6 heteroatoms. The zero-order chi connectivity index (χ0) is 21.3. The van der Waals surface area contributed by atoms with Gasteiger partial charge in [-0.15, -0.1) is 0 Å². The van der Waals surface area contributed by atoms with Crippen molar-refractivity contribution in [3.05, 3.63) is 83.7 Å². The van der Waals surface area contributed by atoms with E-state index in [-0.39, 0.29) is 0 Å². The highest BCUT2D eigenvalue weighted by molar-refractivity contribution is 5.94. The fraction of sp³-hybridized carbons (Fsp3) is 0.280. The molecule has 1 aromatic heterocycles. The predicted molar refractivity (Wildman–Crippen MR) is 124 cm³/mol. The first-order valence-electron chi connectivity index (χ1n) is 10.7. The number of pyridine rings is 1. The third-order valence-corrected chi connectivity index (χ3v) is 5.11. The number of guanidine groups is 1. The quantitative estimate of drug-likeness (QED) is 0.462. The van der Waals surface area contributed by atoms with Crippen LogP contribution in [0, 0.1) is 6.92 Å². The molecule has 2 N–H and O–H groups in total. The summed E-state index contributed by atoms with van der Waals surface area (Å²) in [4.78, 5) is 9.00. The summed E-state index contributed by atoms with van der Waals surface area (Å²) in [5.41, 5.74) is 4.52. The van der Waals surface area contributed by atoms with E-state index in [9.17, 15) is 0 Å². The molecule has 2 heterocycles. The molecule has 0 aliphatic carbocycles. The Bertz CT molecular complexity index is 1020. The molecule has 1 aliphatic rings. The summed E-state index contributed by atoms with van der Waals surface area (Å²) in [6, 6.07) is 18.2. The molecular weight excluding hydrogens is 388 g/mol. The van der Waals surface area contributed by atoms with Crippen LogP contribution in [0.1, 0.15) is 23.1 Å². The Hall–Kier alpha value is -3.54. The van der Waals surface area contributed by atoms with E-state index in [0.717, 1.165) is 42.5 Å². The molecule has 0 amide bonds. The van der Waals surface area contributed by atoms with Gasteiger partial charge in [0.05, 0.1) is 19.8 Å². The van der Waals surface area contributed by atoms with Crippen LogP contribution < -0.4 is 20.1 Å². The minimum atomic E-state index is 0.597. The van der Waals surface area contributed by atoms with Crippen molar-refractivity contribution in [2.75, 3.05) is 25.1 Å². The number of anilines is 1. The third-order valence-electron chi connectivity index (χ3n) is 5.11. The van der Waals surface area contributed by atoms with Crippen molar-refractivity contribution in [2.45, 2.75) is 26.3 Å². The van der Waals surface area contributed by atoms with Gasteiger partial charge >= 0.3 is 0 Å². The number of benzene rings is 2. The van der Waals surface area contributed by atoms with E-state index in [4.69, 9.17) is 14.5 Å². The number of ether oxygens (including phenoxy) is 2. The molecule has 0 bridgehead atoms. The largest absolute Gasteiger partial charge is 0.490 e. The molecule has 0 atom stereocenters. The third kappa shape index (κ3) is 5.98. The molecule has 0 spiro atoms. The van der Waals surface area contributed by atoms with Crippen LogP contribution in [0.3, 0.4) is 0 Å². The maximum atomic E-state index is 5.82. The average molecular weight is 417 g/mol. The zero-order valence-corrected chi connectivity index (χ0v) is 17.8. The molecule has 0 fully saturated rings. The normalized spacial score (nSPS) is 13.4. The first-order chi connectivity index (χ1) is 15.3. The Morgan fingerprint density at radius 2 is 1.90 bits per heavy atom. The number of hydrogen-bond acceptors (Lipinski definition) is 4. The van der Waals surface area contributed by atoms with Gasteiger partial charge in [-0.3, -0.25) is 4.98 Å². The standard InChI is InChI=1S/C25H28N4O2/c1-19-6-2-3-8-21(19)18-28-25(27-13-11-20-7-4-12-26-17-20)29-22-9-10-23-24(16-22)31-15-5-14-30-23/h2-4,6-10,12,16-17H,5,11,13-15,18H2,1H3,(H2,27,28,29). The van der Waals surface area contributed by atoms with Crippen LogP contribution in [0.15, 0.2) is 72.0 Å². The van der Waals surface area contributed by atoms with E-state index in [2.05, 4.69) is 40.7 Å². The lowest BCUT2D eigenvalue weighted by Crippen LogP contribution is -2.32. The van der Waals surface area contributed by atoms with Crippen LogP contribution in [-0.4, -0.2) is 30.7 Å². The molecule has 1 aliphatic heterocycles. The van der Waals surface area contributed by atoms with Crippen LogP contribution in [0.25, 0.3) is 0 Å². The minimum Gasteiger partial charge on any atom is -0.490 e. The van der Waals surface area contributed by atoms with Gasteiger partial charge < -0.3 is 20.1 Å². The molecule has 0 unspecified atom stereocenters. The minimum absolute atomic E-state index is 0.597. The molecule has 160 valence electrons. The Balaban J connectivity index is 1.48. The number of aromatic nitrogens is 1. The summed E-state index contributed by atoms with van der Waals surface area (Å²) < 4.78 is 11.6. The van der Waals surface area contributed by atoms with Gasteiger partial charge in [0, 0.05) is 37.1 Å². The van der Waals surface area contributed by atoms with E-state index >= 15 is 0 Å². The predicted octanol–water partition coefficient (Wildman–Crippen LogP) is 4.35. The van der Waals surface area contributed by atoms with Gasteiger partial charge in [0.15, 0.2) is 17.5 Å². The Kier molecular flexibility index (Phi) is 7.00. The highest BCUT2D eigenvalue weighted by Gasteiger charge is 2.11. The van der Waals surface area contributed by atoms with Crippen molar-refractivity contribution >= 4 is 11.6 Å². The maximum absolute atomic E-state index is 5.82. The van der Waals surface area contributed by atoms with E-state index in [1.807, 2.05) is 42.6 Å². The summed E-state index contributed by atoms with van der Waals surface area (Å²) in [6.07, 6.45) is 5.43. The van der Waals surface area contributed by atoms with Crippen LogP contribution in [0.2, 0.25) is 0 Å². The maximum Gasteiger partial charge on any atom is 0.196 e. The summed E-state index contributed by atoms with van der Waals surface area (Å²) in [5.74, 6) is 2.27. The van der Waals surface area contributed by atoms with Gasteiger partial charge in [0.2, 0.25) is 0 Å². The number of nitrogens with one attached hydrogen (secondary N) is 2. The smallest absolute Gasteiger partial charge is 0.196 e. The van der Waals surface area contributed by atoms with Crippen molar-refractivity contribution in [1.82, 2.24) is 10.3 Å². The molecule has 0 saturated carbocycles. The highest BCUT2D eigenvalue weighted by atomic mass is 16.5. The summed E-state index contributed by atoms with van der Waals surface area (Å²) in [7, 11) is 0. The lowest BCUT2D eigenvalue weighted by Gasteiger charge is -2.15. The Labute approximate surface area is 183 Å². The average Bonchev–Trinajstić information content (AvgIpc) is 3.04. The van der Waals surface area contributed by atoms with Crippen LogP contribution in [0.5, 0.6) is 11.5 Å². The summed E-state index contributed by atoms with van der Waals surface area (Å²) >= 11 is 0. The van der Waals surface area contributed by atoms with Gasteiger partial charge in [0.1, 0.15) is 0 Å². The SMILES string of the molecule is Cc1ccccc1CN=C(NCCc1cccnc1)Nc1ccc2c(c1)OCCCO2. The first-order valence-corrected chi connectivity index (χ1v) is 10.7. The molecule has 0 saturated heterocycles. The number of rotatable bonds is 6.